The molecule has 0 atom stereocenters. The maximum Gasteiger partial charge on any atom is 0.490 e. The van der Waals surface area contributed by atoms with E-state index in [1.165, 1.54) is 165 Å². The van der Waals surface area contributed by atoms with Gasteiger partial charge in [-0.1, -0.05) is 287 Å². The second kappa shape index (κ2) is 29.6. The van der Waals surface area contributed by atoms with Crippen molar-refractivity contribution in [3.05, 3.63) is 379 Å². The fourth-order valence-electron chi connectivity index (χ4n) is 18.8. The molecule has 0 amide bonds. The van der Waals surface area contributed by atoms with Gasteiger partial charge < -0.3 is 37.5 Å². The summed E-state index contributed by atoms with van der Waals surface area (Å²) in [5.74, 6) is 0. The number of para-hydroxylation sites is 8. The van der Waals surface area contributed by atoms with Crippen molar-refractivity contribution >= 4 is 159 Å². The number of benzene rings is 16. The monoisotopic (exact) mass is 1650 g/mol. The Morgan fingerprint density at radius 3 is 0.828 bits per heavy atom. The molecule has 0 aliphatic rings. The van der Waals surface area contributed by atoms with Crippen LogP contribution in [0.1, 0.15) is 105 Å². The number of fused-ring (bicyclic) bond motifs is 18. The molecule has 6 aromatic heterocycles. The van der Waals surface area contributed by atoms with Gasteiger partial charge in [-0.25, -0.2) is 0 Å². The third-order valence-electron chi connectivity index (χ3n) is 25.1. The van der Waals surface area contributed by atoms with Crippen LogP contribution in [-0.4, -0.2) is 44.6 Å². The Balaban J connectivity index is 0.000000127. The molecule has 0 aliphatic carbocycles. The second-order valence-corrected chi connectivity index (χ2v) is 37.8. The number of rotatable bonds is 8. The molecule has 0 spiro atoms. The Labute approximate surface area is 720 Å². The van der Waals surface area contributed by atoms with Gasteiger partial charge in [0.2, 0.25) is 0 Å². The molecule has 16 aromatic carbocycles. The Hall–Kier alpha value is -13.2. The highest BCUT2D eigenvalue weighted by molar-refractivity contribution is 9.10. The largest absolute Gasteiger partial charge is 0.490 e. The molecule has 6 heterocycles. The van der Waals surface area contributed by atoms with Crippen LogP contribution in [0, 0.1) is 0 Å². The first kappa shape index (κ1) is 77.4. The van der Waals surface area contributed by atoms with Crippen molar-refractivity contribution in [1.82, 2.24) is 27.4 Å². The minimum absolute atomic E-state index is 0.0437. The predicted octanol–water partition coefficient (Wildman–Crippen LogP) is 28.9. The topological polar surface area (TPSA) is 70.0 Å². The Bertz CT molecular complexity index is 7690. The highest BCUT2D eigenvalue weighted by Crippen LogP contribution is 2.45. The molecule has 2 N–H and O–H groups in total. The lowest BCUT2D eigenvalue weighted by Crippen LogP contribution is -2.33. The minimum Gasteiger partial charge on any atom is -0.423 e. The standard InChI is InChI=1S/C56H47N3.C30H19BrN2.C26H30BNO2/c1-55(2,3)37-26-29-53-45(33-37)46-34-38(56(4,5)6)27-30-54(46)59(53)48-22-11-7-18-41(48)36-16-15-17-39(32-36)57-51-25-14-10-21-44(51)47-35-40(28-31-52(47)57)58-49-23-12-8-19-42(49)43-20-9-13-24-50(43)58;31-20-8-7-9-21(18-20)32-29-15-6-3-12-25(29)26-19-22(16-17-30(26)32)33-27-13-4-1-10-23(27)24-11-2-5-14-28(24)33;1-25(2,3)17-11-13-22-19(15-17)20-16-18(26(4,5)6)12-14-23(20)28(22)24-10-8-7-9-21(24)27(29)30/h7-35H,1-6H3;1-19H;7-16,29-30H,1-6H3. The fraction of sp³-hybridized carbons (Fsp3) is 0.143. The van der Waals surface area contributed by atoms with Gasteiger partial charge in [0, 0.05) is 109 Å². The highest BCUT2D eigenvalue weighted by atomic mass is 79.9. The van der Waals surface area contributed by atoms with Crippen LogP contribution in [0.5, 0.6) is 0 Å². The van der Waals surface area contributed by atoms with E-state index in [-0.39, 0.29) is 21.7 Å². The minimum atomic E-state index is -1.53. The first-order valence-electron chi connectivity index (χ1n) is 42.5. The maximum absolute atomic E-state index is 9.99. The van der Waals surface area contributed by atoms with Crippen molar-refractivity contribution in [3.63, 3.8) is 0 Å². The van der Waals surface area contributed by atoms with Crippen molar-refractivity contribution in [1.29, 1.82) is 0 Å². The summed E-state index contributed by atoms with van der Waals surface area (Å²) in [6.45, 7) is 27.2. The van der Waals surface area contributed by atoms with E-state index >= 15 is 0 Å². The van der Waals surface area contributed by atoms with Crippen LogP contribution in [0.4, 0.5) is 0 Å². The lowest BCUT2D eigenvalue weighted by molar-refractivity contribution is 0.425. The Morgan fingerprint density at radius 1 is 0.213 bits per heavy atom. The average molecular weight is 1650 g/mol. The molecule has 0 saturated carbocycles. The molecule has 10 heteroatoms. The summed E-state index contributed by atoms with van der Waals surface area (Å²) in [4.78, 5) is 0. The molecular weight excluding hydrogens is 1550 g/mol. The van der Waals surface area contributed by atoms with Gasteiger partial charge in [-0.15, -0.1) is 0 Å². The number of halogens is 1. The van der Waals surface area contributed by atoms with Crippen LogP contribution in [0.3, 0.4) is 0 Å². The third kappa shape index (κ3) is 13.2. The van der Waals surface area contributed by atoms with Gasteiger partial charge in [-0.3, -0.25) is 0 Å². The zero-order chi connectivity index (χ0) is 84.0. The molecule has 122 heavy (non-hydrogen) atoms. The van der Waals surface area contributed by atoms with E-state index in [1.807, 2.05) is 18.2 Å². The van der Waals surface area contributed by atoms with E-state index in [2.05, 4.69) is 454 Å². The zero-order valence-corrected chi connectivity index (χ0v) is 72.6. The van der Waals surface area contributed by atoms with Gasteiger partial charge >= 0.3 is 7.12 Å². The molecule has 0 fully saturated rings. The fourth-order valence-corrected chi connectivity index (χ4v) is 19.2. The SMILES string of the molecule is Brc1cccc(-n2c3ccccc3c3cc(-n4c5ccccc5c5ccccc54)ccc32)c1.CC(C)(C)c1ccc2c(c1)c1cc(C(C)(C)C)ccc1n2-c1ccccc1-c1cccc(-n2c3ccccc3c3cc(-n4c5ccccc5c5ccccc54)ccc32)c1.CC(C)(C)c1ccc2c(c1)c1cc(C(C)(C)C)ccc1n2-c1ccccc1B(O)O. The van der Waals surface area contributed by atoms with Gasteiger partial charge in [0.1, 0.15) is 0 Å². The summed E-state index contributed by atoms with van der Waals surface area (Å²) in [5.41, 5.74) is 29.2. The molecule has 0 aliphatic heterocycles. The van der Waals surface area contributed by atoms with E-state index < -0.39 is 7.12 Å². The summed E-state index contributed by atoms with van der Waals surface area (Å²) in [6.07, 6.45) is 0. The summed E-state index contributed by atoms with van der Waals surface area (Å²) in [5, 5.41) is 35.1. The zero-order valence-electron chi connectivity index (χ0n) is 71.0. The Morgan fingerprint density at radius 2 is 0.475 bits per heavy atom. The van der Waals surface area contributed by atoms with Crippen molar-refractivity contribution in [3.8, 4) is 45.3 Å². The van der Waals surface area contributed by atoms with Crippen LogP contribution < -0.4 is 5.46 Å². The third-order valence-corrected chi connectivity index (χ3v) is 25.6. The van der Waals surface area contributed by atoms with E-state index in [4.69, 9.17) is 0 Å². The average Bonchev–Trinajstić information content (AvgIpc) is 1.58. The molecule has 0 unspecified atom stereocenters. The number of nitrogens with zero attached hydrogens (tertiary/aromatic N) is 6. The summed E-state index contributed by atoms with van der Waals surface area (Å²) in [7, 11) is -1.53. The van der Waals surface area contributed by atoms with Gasteiger partial charge in [-0.05, 0) is 213 Å². The number of hydrogen-bond donors (Lipinski definition) is 2. The predicted molar refractivity (Wildman–Crippen MR) is 523 cm³/mol. The van der Waals surface area contributed by atoms with Gasteiger partial charge in [-0.2, -0.15) is 0 Å². The van der Waals surface area contributed by atoms with Crippen LogP contribution >= 0.6 is 15.9 Å². The second-order valence-electron chi connectivity index (χ2n) is 36.9. The first-order valence-corrected chi connectivity index (χ1v) is 43.3. The van der Waals surface area contributed by atoms with Crippen LogP contribution in [0.2, 0.25) is 0 Å². The van der Waals surface area contributed by atoms with Crippen LogP contribution in [-0.2, 0) is 21.7 Å². The van der Waals surface area contributed by atoms with Crippen molar-refractivity contribution < 1.29 is 10.0 Å². The van der Waals surface area contributed by atoms with Gasteiger partial charge in [0.05, 0.1) is 71.9 Å². The molecule has 0 saturated heterocycles. The molecule has 8 nitrogen and oxygen atoms in total. The van der Waals surface area contributed by atoms with Crippen LogP contribution in [0.25, 0.3) is 176 Å². The summed E-state index contributed by atoms with van der Waals surface area (Å²) in [6, 6.07) is 128. The Kier molecular flexibility index (Phi) is 18.8. The van der Waals surface area contributed by atoms with E-state index in [9.17, 15) is 10.0 Å². The van der Waals surface area contributed by atoms with Crippen molar-refractivity contribution in [2.45, 2.75) is 105 Å². The quantitative estimate of drug-likeness (QED) is 0.149. The van der Waals surface area contributed by atoms with Crippen molar-refractivity contribution in [2.24, 2.45) is 0 Å². The van der Waals surface area contributed by atoms with E-state index in [0.29, 0.717) is 5.46 Å². The molecule has 0 bridgehead atoms. The smallest absolute Gasteiger partial charge is 0.423 e. The van der Waals surface area contributed by atoms with E-state index in [1.54, 1.807) is 6.07 Å². The lowest BCUT2D eigenvalue weighted by atomic mass is 9.79. The lowest BCUT2D eigenvalue weighted by Gasteiger charge is -2.19. The normalized spacial score (nSPS) is 12.4. The molecule has 596 valence electrons. The maximum atomic E-state index is 9.99. The highest BCUT2D eigenvalue weighted by Gasteiger charge is 2.28. The van der Waals surface area contributed by atoms with Gasteiger partial charge in [0.25, 0.3) is 0 Å². The van der Waals surface area contributed by atoms with Crippen molar-refractivity contribution in [2.75, 3.05) is 0 Å². The number of aromatic nitrogens is 6. The van der Waals surface area contributed by atoms with Crippen LogP contribution in [0.15, 0.2) is 356 Å². The number of hydrogen-bond acceptors (Lipinski definition) is 2. The molecule has 22 aromatic rings. The van der Waals surface area contributed by atoms with Gasteiger partial charge in [0.15, 0.2) is 0 Å². The van der Waals surface area contributed by atoms with E-state index in [0.717, 1.165) is 38.3 Å². The summed E-state index contributed by atoms with van der Waals surface area (Å²) >= 11 is 3.64. The molecular formula is C112H96BBrN6O2. The molecule has 22 rings (SSSR count). The first-order chi connectivity index (χ1) is 58.8. The molecule has 0 radical (unpaired) electrons. The summed E-state index contributed by atoms with van der Waals surface area (Å²) < 4.78 is 15.3.